The van der Waals surface area contributed by atoms with Crippen molar-refractivity contribution < 1.29 is 17.9 Å². The molecule has 12 heteroatoms. The molecule has 3 aromatic heterocycles. The number of hydrogen-bond donors (Lipinski definition) is 1. The largest absolute Gasteiger partial charge is 0.494 e. The Morgan fingerprint density at radius 3 is 2.53 bits per heavy atom. The molecule has 0 unspecified atom stereocenters. The smallest absolute Gasteiger partial charge is 0.408 e. The van der Waals surface area contributed by atoms with E-state index in [-0.39, 0.29) is 43.5 Å². The highest BCUT2D eigenvalue weighted by Gasteiger charge is 2.48. The molecule has 2 atom stereocenters. The van der Waals surface area contributed by atoms with E-state index in [0.717, 1.165) is 5.39 Å². The highest BCUT2D eigenvalue weighted by Crippen LogP contribution is 2.41. The van der Waals surface area contributed by atoms with E-state index in [1.165, 1.54) is 17.2 Å². The van der Waals surface area contributed by atoms with Crippen LogP contribution < -0.4 is 10.5 Å². The molecule has 0 spiro atoms. The minimum atomic E-state index is -4.46. The summed E-state index contributed by atoms with van der Waals surface area (Å²) in [4.78, 5) is 6.08. The van der Waals surface area contributed by atoms with Crippen LogP contribution >= 0.6 is 24.8 Å². The Kier molecular flexibility index (Phi) is 8.04. The van der Waals surface area contributed by atoms with Gasteiger partial charge in [0.05, 0.1) is 12.1 Å². The highest BCUT2D eigenvalue weighted by atomic mass is 35.5. The topological polar surface area (TPSA) is 81.6 Å². The normalized spacial score (nSPS) is 19.2. The van der Waals surface area contributed by atoms with E-state index in [0.29, 0.717) is 41.5 Å². The van der Waals surface area contributed by atoms with Crippen molar-refractivity contribution in [3.63, 3.8) is 0 Å². The quantitative estimate of drug-likeness (QED) is 0.372. The molecule has 1 aromatic carbocycles. The van der Waals surface area contributed by atoms with Crippen LogP contribution in [0.4, 0.5) is 13.2 Å². The van der Waals surface area contributed by atoms with E-state index in [1.807, 2.05) is 31.2 Å². The van der Waals surface area contributed by atoms with E-state index in [2.05, 4.69) is 15.2 Å². The van der Waals surface area contributed by atoms with Crippen molar-refractivity contribution in [2.45, 2.75) is 38.0 Å². The Morgan fingerprint density at radius 1 is 1.11 bits per heavy atom. The molecule has 0 amide bonds. The molecule has 7 nitrogen and oxygen atoms in total. The van der Waals surface area contributed by atoms with Crippen molar-refractivity contribution >= 4 is 41.4 Å². The van der Waals surface area contributed by atoms with Crippen molar-refractivity contribution in [1.29, 1.82) is 0 Å². The fraction of sp³-hybridized carbons (Fsp3) is 0.375. The Bertz CT molecular complexity index is 1360. The zero-order valence-corrected chi connectivity index (χ0v) is 21.3. The predicted molar refractivity (Wildman–Crippen MR) is 137 cm³/mol. The third kappa shape index (κ3) is 5.36. The van der Waals surface area contributed by atoms with E-state index in [1.54, 1.807) is 23.5 Å². The maximum Gasteiger partial charge on any atom is 0.408 e. The van der Waals surface area contributed by atoms with Crippen LogP contribution in [-0.2, 0) is 0 Å². The van der Waals surface area contributed by atoms with Crippen LogP contribution in [0, 0.1) is 0 Å². The summed E-state index contributed by atoms with van der Waals surface area (Å²) in [5.41, 5.74) is 7.23. The van der Waals surface area contributed by atoms with Crippen LogP contribution in [-0.4, -0.2) is 55.9 Å². The monoisotopic (exact) mass is 542 g/mol. The lowest BCUT2D eigenvalue weighted by atomic mass is 10.0. The maximum atomic E-state index is 14.2. The standard InChI is InChI=1S/C24H25F3N6O.2ClH/c1-3-34-17-7-4-15-5-8-18(29-19(15)12-17)22-31-30-20-9-6-16(13-33(20)22)21(24(25,26)27)32-11-10-23(2,28)14-32;;/h4-9,12-13,21H,3,10-11,14,28H2,1-2H3;2*1H/t21-,23-;;/m0../s1. The Labute approximate surface area is 218 Å². The average molecular weight is 543 g/mol. The lowest BCUT2D eigenvalue weighted by Crippen LogP contribution is -2.43. The number of pyridine rings is 2. The second-order valence-electron chi connectivity index (χ2n) is 9.02. The first-order valence-electron chi connectivity index (χ1n) is 11.1. The summed E-state index contributed by atoms with van der Waals surface area (Å²) < 4.78 is 49.7. The fourth-order valence-corrected chi connectivity index (χ4v) is 4.57. The van der Waals surface area contributed by atoms with E-state index in [4.69, 9.17) is 10.5 Å². The molecule has 5 rings (SSSR count). The summed E-state index contributed by atoms with van der Waals surface area (Å²) in [5, 5.41) is 9.27. The summed E-state index contributed by atoms with van der Waals surface area (Å²) >= 11 is 0. The number of hydrogen-bond acceptors (Lipinski definition) is 6. The van der Waals surface area contributed by atoms with Gasteiger partial charge in [-0.05, 0) is 50.1 Å². The second kappa shape index (κ2) is 10.4. The number of fused-ring (bicyclic) bond motifs is 2. The molecule has 4 heterocycles. The zero-order chi connectivity index (χ0) is 24.1. The second-order valence-corrected chi connectivity index (χ2v) is 9.02. The number of halogens is 5. The molecular weight excluding hydrogens is 516 g/mol. The van der Waals surface area contributed by atoms with Crippen LogP contribution in [0.25, 0.3) is 28.1 Å². The number of likely N-dealkylation sites (tertiary alicyclic amines) is 1. The number of alkyl halides is 3. The fourth-order valence-electron chi connectivity index (χ4n) is 4.57. The maximum absolute atomic E-state index is 14.2. The molecule has 0 aliphatic carbocycles. The molecule has 1 fully saturated rings. The number of nitrogens with zero attached hydrogens (tertiary/aromatic N) is 5. The van der Waals surface area contributed by atoms with Crippen LogP contribution in [0.5, 0.6) is 5.75 Å². The summed E-state index contributed by atoms with van der Waals surface area (Å²) in [6.07, 6.45) is -2.50. The van der Waals surface area contributed by atoms with Gasteiger partial charge in [-0.1, -0.05) is 12.1 Å². The number of benzene rings is 1. The molecule has 1 aliphatic rings. The van der Waals surface area contributed by atoms with Crippen molar-refractivity contribution in [3.8, 4) is 17.3 Å². The lowest BCUT2D eigenvalue weighted by molar-refractivity contribution is -0.184. The first-order valence-corrected chi connectivity index (χ1v) is 11.1. The van der Waals surface area contributed by atoms with Crippen molar-refractivity contribution in [2.24, 2.45) is 5.73 Å². The number of aromatic nitrogens is 4. The van der Waals surface area contributed by atoms with Gasteiger partial charge in [-0.15, -0.1) is 35.0 Å². The minimum absolute atomic E-state index is 0. The Balaban J connectivity index is 0.00000180. The van der Waals surface area contributed by atoms with Gasteiger partial charge in [0.25, 0.3) is 0 Å². The summed E-state index contributed by atoms with van der Waals surface area (Å²) in [5.74, 6) is 1.06. The molecule has 0 radical (unpaired) electrons. The average Bonchev–Trinajstić information content (AvgIpc) is 3.35. The molecule has 0 bridgehead atoms. The third-order valence-corrected chi connectivity index (χ3v) is 6.15. The van der Waals surface area contributed by atoms with Crippen LogP contribution in [0.3, 0.4) is 0 Å². The van der Waals surface area contributed by atoms with E-state index >= 15 is 0 Å². The third-order valence-electron chi connectivity index (χ3n) is 6.15. The van der Waals surface area contributed by atoms with E-state index < -0.39 is 17.8 Å². The minimum Gasteiger partial charge on any atom is -0.494 e. The SMILES string of the molecule is CCOc1ccc2ccc(-c3nnc4ccc([C@H](N5CC[C@](C)(N)C5)C(F)(F)F)cn34)nc2c1.Cl.Cl. The van der Waals surface area contributed by atoms with Gasteiger partial charge < -0.3 is 10.5 Å². The Hall–Kier alpha value is -2.66. The van der Waals surface area contributed by atoms with Gasteiger partial charge >= 0.3 is 6.18 Å². The first-order chi connectivity index (χ1) is 16.1. The zero-order valence-electron chi connectivity index (χ0n) is 19.7. The van der Waals surface area contributed by atoms with Gasteiger partial charge in [-0.3, -0.25) is 9.30 Å². The molecule has 194 valence electrons. The molecule has 2 N–H and O–H groups in total. The molecule has 1 saturated heterocycles. The molecular formula is C24H27Cl2F3N6O. The number of nitrogens with two attached hydrogens (primary N) is 1. The van der Waals surface area contributed by atoms with Gasteiger partial charge in [-0.25, -0.2) is 4.98 Å². The van der Waals surface area contributed by atoms with Crippen molar-refractivity contribution in [1.82, 2.24) is 24.5 Å². The lowest BCUT2D eigenvalue weighted by Gasteiger charge is -2.31. The van der Waals surface area contributed by atoms with Crippen molar-refractivity contribution in [2.75, 3.05) is 19.7 Å². The molecule has 1 aliphatic heterocycles. The Morgan fingerprint density at radius 2 is 1.86 bits per heavy atom. The predicted octanol–water partition coefficient (Wildman–Crippen LogP) is 5.21. The summed E-state index contributed by atoms with van der Waals surface area (Å²) in [6.45, 7) is 4.66. The van der Waals surface area contributed by atoms with Crippen LogP contribution in [0.15, 0.2) is 48.7 Å². The summed E-state index contributed by atoms with van der Waals surface area (Å²) in [6, 6.07) is 10.5. The van der Waals surface area contributed by atoms with Gasteiger partial charge in [0, 0.05) is 36.3 Å². The van der Waals surface area contributed by atoms with Gasteiger partial charge in [0.1, 0.15) is 17.5 Å². The first kappa shape index (κ1) is 27.9. The van der Waals surface area contributed by atoms with Gasteiger partial charge in [0.15, 0.2) is 11.5 Å². The number of ether oxygens (including phenoxy) is 1. The molecule has 0 saturated carbocycles. The van der Waals surface area contributed by atoms with Crippen molar-refractivity contribution in [3.05, 3.63) is 54.2 Å². The van der Waals surface area contributed by atoms with E-state index in [9.17, 15) is 13.2 Å². The highest BCUT2D eigenvalue weighted by molar-refractivity contribution is 5.85. The van der Waals surface area contributed by atoms with Gasteiger partial charge in [-0.2, -0.15) is 13.2 Å². The van der Waals surface area contributed by atoms with Crippen LogP contribution in [0.2, 0.25) is 0 Å². The molecule has 4 aromatic rings. The van der Waals surface area contributed by atoms with Crippen LogP contribution in [0.1, 0.15) is 31.9 Å². The van der Waals surface area contributed by atoms with Gasteiger partial charge in [0.2, 0.25) is 0 Å². The molecule has 36 heavy (non-hydrogen) atoms. The summed E-state index contributed by atoms with van der Waals surface area (Å²) in [7, 11) is 0. The number of rotatable bonds is 5.